The van der Waals surface area contributed by atoms with Gasteiger partial charge >= 0.3 is 0 Å². The van der Waals surface area contributed by atoms with Gasteiger partial charge in [-0.25, -0.2) is 0 Å². The van der Waals surface area contributed by atoms with Crippen LogP contribution in [0.1, 0.15) is 37.9 Å². The monoisotopic (exact) mass is 275 g/mol. The zero-order valence-electron chi connectivity index (χ0n) is 12.8. The normalized spacial score (nSPS) is 22.1. The summed E-state index contributed by atoms with van der Waals surface area (Å²) in [6.07, 6.45) is 4.67. The molecule has 3 rings (SSSR count). The molecule has 0 unspecified atom stereocenters. The van der Waals surface area contributed by atoms with E-state index >= 15 is 0 Å². The maximum atomic E-state index is 5.82. The first-order valence-electron chi connectivity index (χ1n) is 7.61. The van der Waals surface area contributed by atoms with Crippen molar-refractivity contribution in [2.45, 2.75) is 51.8 Å². The molecule has 110 valence electrons. The Hall–Kier alpha value is -1.13. The van der Waals surface area contributed by atoms with Crippen LogP contribution in [0.5, 0.6) is 0 Å². The van der Waals surface area contributed by atoms with Gasteiger partial charge in [0.05, 0.1) is 12.2 Å². The zero-order valence-corrected chi connectivity index (χ0v) is 12.8. The first-order chi connectivity index (χ1) is 9.53. The van der Waals surface area contributed by atoms with Crippen LogP contribution in [0.4, 0.5) is 5.69 Å². The fourth-order valence-electron chi connectivity index (χ4n) is 2.77. The number of nitrogens with zero attached hydrogens (tertiary/aromatic N) is 2. The van der Waals surface area contributed by atoms with Crippen LogP contribution in [0, 0.1) is 6.92 Å². The number of aromatic nitrogens is 1. The summed E-state index contributed by atoms with van der Waals surface area (Å²) in [5.41, 5.74) is 3.64. The van der Waals surface area contributed by atoms with E-state index in [1.807, 2.05) is 6.20 Å². The Labute approximate surface area is 121 Å². The van der Waals surface area contributed by atoms with Crippen LogP contribution in [0.3, 0.4) is 0 Å². The quantitative estimate of drug-likeness (QED) is 0.914. The lowest BCUT2D eigenvalue weighted by Crippen LogP contribution is -2.48. The van der Waals surface area contributed by atoms with Crippen molar-refractivity contribution >= 4 is 5.69 Å². The standard InChI is InChI=1S/C16H25N3O/c1-12-8-15(19-6-7-20-16(2,3)11-19)13(9-17-12)10-18-14-4-5-14/h8-9,14,18H,4-7,10-11H2,1-3H3. The molecule has 1 aliphatic heterocycles. The largest absolute Gasteiger partial charge is 0.372 e. The topological polar surface area (TPSA) is 37.4 Å². The van der Waals surface area contributed by atoms with Crippen molar-refractivity contribution < 1.29 is 4.74 Å². The maximum Gasteiger partial charge on any atom is 0.0801 e. The molecular formula is C16H25N3O. The molecule has 2 fully saturated rings. The fraction of sp³-hybridized carbons (Fsp3) is 0.688. The average molecular weight is 275 g/mol. The number of rotatable bonds is 4. The molecule has 0 radical (unpaired) electrons. The minimum Gasteiger partial charge on any atom is -0.372 e. The molecule has 1 aromatic heterocycles. The summed E-state index contributed by atoms with van der Waals surface area (Å²) in [5, 5.41) is 3.59. The van der Waals surface area contributed by atoms with E-state index in [-0.39, 0.29) is 5.60 Å². The van der Waals surface area contributed by atoms with E-state index in [1.54, 1.807) is 0 Å². The van der Waals surface area contributed by atoms with Crippen molar-refractivity contribution in [2.75, 3.05) is 24.6 Å². The van der Waals surface area contributed by atoms with Crippen LogP contribution in [0.15, 0.2) is 12.3 Å². The van der Waals surface area contributed by atoms with Gasteiger partial charge in [0.25, 0.3) is 0 Å². The van der Waals surface area contributed by atoms with Gasteiger partial charge < -0.3 is 15.0 Å². The summed E-state index contributed by atoms with van der Waals surface area (Å²) < 4.78 is 5.82. The van der Waals surface area contributed by atoms with Gasteiger partial charge in [-0.3, -0.25) is 4.98 Å². The highest BCUT2D eigenvalue weighted by atomic mass is 16.5. The first kappa shape index (κ1) is 13.8. The van der Waals surface area contributed by atoms with E-state index in [1.165, 1.54) is 24.1 Å². The number of hydrogen-bond donors (Lipinski definition) is 1. The van der Waals surface area contributed by atoms with Gasteiger partial charge in [-0.05, 0) is 39.7 Å². The van der Waals surface area contributed by atoms with Crippen LogP contribution >= 0.6 is 0 Å². The minimum absolute atomic E-state index is 0.0728. The molecule has 20 heavy (non-hydrogen) atoms. The van der Waals surface area contributed by atoms with Crippen molar-refractivity contribution in [1.29, 1.82) is 0 Å². The number of hydrogen-bond acceptors (Lipinski definition) is 4. The van der Waals surface area contributed by atoms with E-state index < -0.39 is 0 Å². The highest BCUT2D eigenvalue weighted by Crippen LogP contribution is 2.27. The molecule has 0 atom stereocenters. The van der Waals surface area contributed by atoms with Crippen LogP contribution < -0.4 is 10.2 Å². The number of nitrogens with one attached hydrogen (secondary N) is 1. The van der Waals surface area contributed by atoms with Crippen molar-refractivity contribution in [2.24, 2.45) is 0 Å². The SMILES string of the molecule is Cc1cc(N2CCOC(C)(C)C2)c(CNC2CC2)cn1. The number of aryl methyl sites for hydroxylation is 1. The molecule has 1 saturated heterocycles. The van der Waals surface area contributed by atoms with Crippen LogP contribution in [0.25, 0.3) is 0 Å². The van der Waals surface area contributed by atoms with E-state index in [4.69, 9.17) is 4.74 Å². The summed E-state index contributed by atoms with van der Waals surface area (Å²) in [6.45, 7) is 10.0. The minimum atomic E-state index is -0.0728. The Morgan fingerprint density at radius 3 is 2.95 bits per heavy atom. The number of ether oxygens (including phenoxy) is 1. The molecule has 0 aromatic carbocycles. The van der Waals surface area contributed by atoms with Gasteiger partial charge in [0, 0.05) is 48.8 Å². The van der Waals surface area contributed by atoms with Crippen molar-refractivity contribution in [3.05, 3.63) is 23.5 Å². The van der Waals surface area contributed by atoms with Crippen molar-refractivity contribution in [1.82, 2.24) is 10.3 Å². The molecule has 0 bridgehead atoms. The number of pyridine rings is 1. The second-order valence-electron chi connectivity index (χ2n) is 6.64. The molecule has 1 aliphatic carbocycles. The molecule has 2 aliphatic rings. The first-order valence-corrected chi connectivity index (χ1v) is 7.61. The molecule has 4 nitrogen and oxygen atoms in total. The summed E-state index contributed by atoms with van der Waals surface area (Å²) in [5.74, 6) is 0. The van der Waals surface area contributed by atoms with Gasteiger partial charge in [-0.1, -0.05) is 0 Å². The predicted molar refractivity (Wildman–Crippen MR) is 81.1 cm³/mol. The molecule has 0 amide bonds. The molecule has 1 saturated carbocycles. The maximum absolute atomic E-state index is 5.82. The van der Waals surface area contributed by atoms with Crippen molar-refractivity contribution in [3.8, 4) is 0 Å². The van der Waals surface area contributed by atoms with Gasteiger partial charge in [0.1, 0.15) is 0 Å². The van der Waals surface area contributed by atoms with E-state index in [2.05, 4.69) is 42.0 Å². The molecule has 4 heteroatoms. The van der Waals surface area contributed by atoms with Crippen LogP contribution in [-0.2, 0) is 11.3 Å². The molecular weight excluding hydrogens is 250 g/mol. The second kappa shape index (κ2) is 5.34. The lowest BCUT2D eigenvalue weighted by Gasteiger charge is -2.40. The van der Waals surface area contributed by atoms with Crippen molar-refractivity contribution in [3.63, 3.8) is 0 Å². The van der Waals surface area contributed by atoms with Gasteiger partial charge in [0.2, 0.25) is 0 Å². The third kappa shape index (κ3) is 3.30. The van der Waals surface area contributed by atoms with E-state index in [0.717, 1.165) is 38.0 Å². The third-order valence-electron chi connectivity index (χ3n) is 4.02. The molecule has 2 heterocycles. The highest BCUT2D eigenvalue weighted by molar-refractivity contribution is 5.54. The molecule has 1 N–H and O–H groups in total. The Morgan fingerprint density at radius 1 is 1.45 bits per heavy atom. The Balaban J connectivity index is 1.80. The molecule has 1 aromatic rings. The Bertz CT molecular complexity index is 483. The van der Waals surface area contributed by atoms with Gasteiger partial charge in [0.15, 0.2) is 0 Å². The van der Waals surface area contributed by atoms with E-state index in [9.17, 15) is 0 Å². The van der Waals surface area contributed by atoms with Crippen LogP contribution in [-0.4, -0.2) is 36.3 Å². The Kier molecular flexibility index (Phi) is 3.69. The van der Waals surface area contributed by atoms with E-state index in [0.29, 0.717) is 0 Å². The highest BCUT2D eigenvalue weighted by Gasteiger charge is 2.29. The lowest BCUT2D eigenvalue weighted by atomic mass is 10.1. The smallest absolute Gasteiger partial charge is 0.0801 e. The van der Waals surface area contributed by atoms with Gasteiger partial charge in [-0.15, -0.1) is 0 Å². The summed E-state index contributed by atoms with van der Waals surface area (Å²) >= 11 is 0. The number of anilines is 1. The average Bonchev–Trinajstić information content (AvgIpc) is 3.20. The van der Waals surface area contributed by atoms with Crippen LogP contribution in [0.2, 0.25) is 0 Å². The fourth-order valence-corrected chi connectivity index (χ4v) is 2.77. The van der Waals surface area contributed by atoms with Gasteiger partial charge in [-0.2, -0.15) is 0 Å². The zero-order chi connectivity index (χ0) is 14.2. The lowest BCUT2D eigenvalue weighted by molar-refractivity contribution is -0.0277. The number of morpholine rings is 1. The summed E-state index contributed by atoms with van der Waals surface area (Å²) in [6, 6.07) is 2.94. The summed E-state index contributed by atoms with van der Waals surface area (Å²) in [4.78, 5) is 6.92. The second-order valence-corrected chi connectivity index (χ2v) is 6.64. The Morgan fingerprint density at radius 2 is 2.25 bits per heavy atom. The predicted octanol–water partition coefficient (Wildman–Crippen LogP) is 2.26. The molecule has 0 spiro atoms. The third-order valence-corrected chi connectivity index (χ3v) is 4.02. The summed E-state index contributed by atoms with van der Waals surface area (Å²) in [7, 11) is 0.